The van der Waals surface area contributed by atoms with Crippen molar-refractivity contribution in [3.05, 3.63) is 52.2 Å². The number of benzene rings is 1. The fourth-order valence-corrected chi connectivity index (χ4v) is 2.78. The van der Waals surface area contributed by atoms with Crippen LogP contribution in [0.1, 0.15) is 23.3 Å². The number of aromatic nitrogens is 2. The number of carbonyl (C=O) groups excluding carboxylic acids is 1. The lowest BCUT2D eigenvalue weighted by molar-refractivity contribution is -0.384. The Bertz CT molecular complexity index is 771. The van der Waals surface area contributed by atoms with Crippen LogP contribution in [-0.4, -0.2) is 47.3 Å². The summed E-state index contributed by atoms with van der Waals surface area (Å²) in [5.74, 6) is 1.09. The number of rotatable bonds is 5. The van der Waals surface area contributed by atoms with Crippen molar-refractivity contribution in [3.63, 3.8) is 0 Å². The zero-order valence-corrected chi connectivity index (χ0v) is 14.3. The molecule has 0 atom stereocenters. The van der Waals surface area contributed by atoms with Crippen molar-refractivity contribution in [1.29, 1.82) is 0 Å². The number of nitrogens with one attached hydrogen (secondary N) is 1. The molecule has 1 amide bonds. The van der Waals surface area contributed by atoms with Gasteiger partial charge in [0.25, 0.3) is 11.6 Å². The first-order valence-electron chi connectivity index (χ1n) is 8.28. The average molecular weight is 357 g/mol. The summed E-state index contributed by atoms with van der Waals surface area (Å²) in [6.07, 6.45) is 1.65. The second-order valence-corrected chi connectivity index (χ2v) is 5.91. The summed E-state index contributed by atoms with van der Waals surface area (Å²) in [5, 5.41) is 21.2. The van der Waals surface area contributed by atoms with E-state index in [2.05, 4.69) is 20.4 Å². The Balaban J connectivity index is 1.54. The van der Waals surface area contributed by atoms with Crippen molar-refractivity contribution in [1.82, 2.24) is 15.5 Å². The molecule has 9 nitrogen and oxygen atoms in total. The van der Waals surface area contributed by atoms with Gasteiger partial charge in [-0.25, -0.2) is 0 Å². The third kappa shape index (κ3) is 4.05. The van der Waals surface area contributed by atoms with Crippen LogP contribution in [0, 0.1) is 10.1 Å². The molecule has 26 heavy (non-hydrogen) atoms. The minimum atomic E-state index is -0.432. The second kappa shape index (κ2) is 7.77. The summed E-state index contributed by atoms with van der Waals surface area (Å²) in [5.41, 5.74) is 0.332. The predicted molar refractivity (Wildman–Crippen MR) is 94.4 cm³/mol. The Morgan fingerprint density at radius 2 is 1.88 bits per heavy atom. The molecular formula is C17H19N5O4. The number of carbonyl (C=O) groups is 1. The van der Waals surface area contributed by atoms with Gasteiger partial charge in [0.05, 0.1) is 4.92 Å². The second-order valence-electron chi connectivity index (χ2n) is 5.91. The molecule has 0 aliphatic carbocycles. The zero-order valence-electron chi connectivity index (χ0n) is 14.3. The van der Waals surface area contributed by atoms with E-state index in [0.717, 1.165) is 31.7 Å². The number of amides is 1. The van der Waals surface area contributed by atoms with E-state index in [0.29, 0.717) is 5.75 Å². The molecule has 1 aliphatic heterocycles. The molecule has 3 rings (SSSR count). The Kier molecular flexibility index (Phi) is 5.26. The van der Waals surface area contributed by atoms with Gasteiger partial charge in [-0.3, -0.25) is 14.9 Å². The molecule has 2 aromatic rings. The van der Waals surface area contributed by atoms with E-state index in [1.807, 2.05) is 0 Å². The molecule has 136 valence electrons. The number of nitro groups is 1. The van der Waals surface area contributed by atoms with Crippen molar-refractivity contribution in [3.8, 4) is 5.75 Å². The third-order valence-corrected chi connectivity index (χ3v) is 4.23. The fourth-order valence-electron chi connectivity index (χ4n) is 2.78. The van der Waals surface area contributed by atoms with E-state index in [-0.39, 0.29) is 23.4 Å². The molecule has 1 saturated heterocycles. The molecule has 1 aliphatic rings. The first-order chi connectivity index (χ1) is 12.6. The number of ether oxygens (including phenoxy) is 1. The topological polar surface area (TPSA) is 110 Å². The van der Waals surface area contributed by atoms with Gasteiger partial charge in [-0.05, 0) is 24.3 Å². The van der Waals surface area contributed by atoms with Crippen LogP contribution in [0.15, 0.2) is 36.4 Å². The van der Waals surface area contributed by atoms with Crippen LogP contribution in [0.5, 0.6) is 5.75 Å². The van der Waals surface area contributed by atoms with Crippen molar-refractivity contribution < 1.29 is 14.5 Å². The van der Waals surface area contributed by atoms with E-state index in [1.54, 1.807) is 31.3 Å². The van der Waals surface area contributed by atoms with Crippen LogP contribution in [0.4, 0.5) is 11.5 Å². The minimum Gasteiger partial charge on any atom is -0.490 e. The van der Waals surface area contributed by atoms with Gasteiger partial charge in [-0.2, -0.15) is 0 Å². The minimum absolute atomic E-state index is 0.0470. The summed E-state index contributed by atoms with van der Waals surface area (Å²) >= 11 is 0. The highest BCUT2D eigenvalue weighted by Gasteiger charge is 2.22. The number of hydrogen-bond donors (Lipinski definition) is 1. The Hall–Kier alpha value is -3.23. The molecule has 0 saturated carbocycles. The molecule has 0 spiro atoms. The molecule has 0 radical (unpaired) electrons. The highest BCUT2D eigenvalue weighted by atomic mass is 16.6. The van der Waals surface area contributed by atoms with Crippen molar-refractivity contribution in [2.45, 2.75) is 18.9 Å². The van der Waals surface area contributed by atoms with Crippen LogP contribution in [-0.2, 0) is 0 Å². The number of non-ortho nitro benzene ring substituents is 1. The number of nitro benzene ring substituents is 1. The Morgan fingerprint density at radius 3 is 2.42 bits per heavy atom. The van der Waals surface area contributed by atoms with E-state index >= 15 is 0 Å². The summed E-state index contributed by atoms with van der Waals surface area (Å²) in [4.78, 5) is 23.8. The molecule has 1 fully saturated rings. The molecule has 2 heterocycles. The highest BCUT2D eigenvalue weighted by molar-refractivity contribution is 5.91. The van der Waals surface area contributed by atoms with Gasteiger partial charge in [-0.1, -0.05) is 0 Å². The van der Waals surface area contributed by atoms with Gasteiger partial charge in [0, 0.05) is 45.1 Å². The quantitative estimate of drug-likeness (QED) is 0.641. The van der Waals surface area contributed by atoms with Gasteiger partial charge in [-0.15, -0.1) is 10.2 Å². The predicted octanol–water partition coefficient (Wildman–Crippen LogP) is 1.79. The van der Waals surface area contributed by atoms with Crippen LogP contribution in [0.25, 0.3) is 0 Å². The number of hydrogen-bond acceptors (Lipinski definition) is 7. The monoisotopic (exact) mass is 357 g/mol. The number of anilines is 1. The molecule has 0 bridgehead atoms. The first-order valence-corrected chi connectivity index (χ1v) is 8.28. The smallest absolute Gasteiger partial charge is 0.271 e. The largest absolute Gasteiger partial charge is 0.490 e. The van der Waals surface area contributed by atoms with Crippen molar-refractivity contribution in [2.75, 3.05) is 25.0 Å². The maximum absolute atomic E-state index is 11.5. The lowest BCUT2D eigenvalue weighted by atomic mass is 10.1. The lowest BCUT2D eigenvalue weighted by Crippen LogP contribution is -2.38. The number of piperidine rings is 1. The molecule has 1 aromatic heterocycles. The van der Waals surface area contributed by atoms with Crippen LogP contribution >= 0.6 is 0 Å². The first kappa shape index (κ1) is 17.6. The fraction of sp³-hybridized carbons (Fsp3) is 0.353. The van der Waals surface area contributed by atoms with Gasteiger partial charge >= 0.3 is 0 Å². The molecule has 0 unspecified atom stereocenters. The SMILES string of the molecule is CNC(=O)c1ccc(N2CCC(Oc3ccc([N+](=O)[O-])cc3)CC2)nn1. The lowest BCUT2D eigenvalue weighted by Gasteiger charge is -2.32. The maximum Gasteiger partial charge on any atom is 0.271 e. The summed E-state index contributed by atoms with van der Waals surface area (Å²) in [7, 11) is 1.55. The standard InChI is InChI=1S/C17H19N5O4/c1-18-17(23)15-6-7-16(20-19-15)21-10-8-14(9-11-21)26-13-4-2-12(3-5-13)22(24)25/h2-7,14H,8-11H2,1H3,(H,18,23). The van der Waals surface area contributed by atoms with Gasteiger partial charge in [0.15, 0.2) is 11.5 Å². The summed E-state index contributed by atoms with van der Waals surface area (Å²) in [6, 6.07) is 9.55. The van der Waals surface area contributed by atoms with Crippen molar-refractivity contribution in [2.24, 2.45) is 0 Å². The Morgan fingerprint density at radius 1 is 1.19 bits per heavy atom. The molecule has 1 aromatic carbocycles. The van der Waals surface area contributed by atoms with Crippen LogP contribution in [0.3, 0.4) is 0 Å². The van der Waals surface area contributed by atoms with Crippen molar-refractivity contribution >= 4 is 17.4 Å². The zero-order chi connectivity index (χ0) is 18.5. The van der Waals surface area contributed by atoms with E-state index in [9.17, 15) is 14.9 Å². The molecule has 1 N–H and O–H groups in total. The van der Waals surface area contributed by atoms with Gasteiger partial charge < -0.3 is 15.0 Å². The summed E-state index contributed by atoms with van der Waals surface area (Å²) in [6.45, 7) is 1.51. The third-order valence-electron chi connectivity index (χ3n) is 4.23. The van der Waals surface area contributed by atoms with Crippen LogP contribution in [0.2, 0.25) is 0 Å². The summed E-state index contributed by atoms with van der Waals surface area (Å²) < 4.78 is 5.90. The molecule has 9 heteroatoms. The maximum atomic E-state index is 11.5. The highest BCUT2D eigenvalue weighted by Crippen LogP contribution is 2.23. The number of nitrogens with zero attached hydrogens (tertiary/aromatic N) is 4. The Labute approximate surface area is 150 Å². The average Bonchev–Trinajstić information content (AvgIpc) is 2.68. The van der Waals surface area contributed by atoms with Gasteiger partial charge in [0.1, 0.15) is 11.9 Å². The van der Waals surface area contributed by atoms with E-state index in [1.165, 1.54) is 12.1 Å². The molecular weight excluding hydrogens is 338 g/mol. The van der Waals surface area contributed by atoms with Crippen LogP contribution < -0.4 is 15.0 Å². The van der Waals surface area contributed by atoms with Gasteiger partial charge in [0.2, 0.25) is 0 Å². The van der Waals surface area contributed by atoms with E-state index in [4.69, 9.17) is 4.74 Å². The van der Waals surface area contributed by atoms with E-state index < -0.39 is 4.92 Å². The normalized spacial score (nSPS) is 14.7.